The first-order valence-electron chi connectivity index (χ1n) is 9.03. The molecule has 0 unspecified atom stereocenters. The van der Waals surface area contributed by atoms with E-state index in [1.54, 1.807) is 0 Å². The molecule has 1 aliphatic rings. The number of benzene rings is 1. The number of anilines is 1. The lowest BCUT2D eigenvalue weighted by atomic mass is 9.91. The quantitative estimate of drug-likeness (QED) is 0.577. The summed E-state index contributed by atoms with van der Waals surface area (Å²) in [6, 6.07) is 10.3. The van der Waals surface area contributed by atoms with E-state index in [1.807, 2.05) is 18.2 Å². The van der Waals surface area contributed by atoms with E-state index in [1.165, 1.54) is 5.56 Å². The largest absolute Gasteiger partial charge is 0.356 e. The van der Waals surface area contributed by atoms with E-state index in [-0.39, 0.29) is 11.0 Å². The second-order valence-electron chi connectivity index (χ2n) is 6.79. The van der Waals surface area contributed by atoms with Gasteiger partial charge in [0.1, 0.15) is 5.39 Å². The highest BCUT2D eigenvalue weighted by Crippen LogP contribution is 2.53. The number of hydrogen-bond acceptors (Lipinski definition) is 4. The topological polar surface area (TPSA) is 86.5 Å². The molecule has 0 spiro atoms. The number of H-pyrrole nitrogens is 2. The Morgan fingerprint density at radius 2 is 2.00 bits per heavy atom. The van der Waals surface area contributed by atoms with Crippen LogP contribution in [0.25, 0.3) is 11.0 Å². The standard InChI is InChI=1S/C19H23N5O/c1-2-3-7-12-20-18-21-16-14(17(25)22-18)15(23-24-16)19(10-11-19)13-8-5-4-6-9-13/h4-6,8-9H,2-3,7,10-12H2,1H3,(H3,20,21,22,23,24,25). The van der Waals surface area contributed by atoms with Crippen molar-refractivity contribution in [1.29, 1.82) is 0 Å². The molecule has 6 heteroatoms. The zero-order valence-electron chi connectivity index (χ0n) is 14.4. The summed E-state index contributed by atoms with van der Waals surface area (Å²) in [4.78, 5) is 20.0. The van der Waals surface area contributed by atoms with Crippen LogP contribution in [0.1, 0.15) is 50.3 Å². The zero-order chi connectivity index (χ0) is 17.3. The van der Waals surface area contributed by atoms with E-state index in [0.717, 1.165) is 44.3 Å². The molecule has 25 heavy (non-hydrogen) atoms. The zero-order valence-corrected chi connectivity index (χ0v) is 14.4. The van der Waals surface area contributed by atoms with Crippen LogP contribution in [-0.2, 0) is 5.41 Å². The van der Waals surface area contributed by atoms with Crippen LogP contribution in [0.15, 0.2) is 35.1 Å². The van der Waals surface area contributed by atoms with Crippen LogP contribution >= 0.6 is 0 Å². The van der Waals surface area contributed by atoms with Crippen molar-refractivity contribution in [3.63, 3.8) is 0 Å². The van der Waals surface area contributed by atoms with Crippen molar-refractivity contribution in [2.75, 3.05) is 11.9 Å². The van der Waals surface area contributed by atoms with Crippen molar-refractivity contribution in [1.82, 2.24) is 20.2 Å². The monoisotopic (exact) mass is 337 g/mol. The lowest BCUT2D eigenvalue weighted by molar-refractivity contribution is 0.740. The van der Waals surface area contributed by atoms with Crippen LogP contribution < -0.4 is 10.9 Å². The van der Waals surface area contributed by atoms with Crippen molar-refractivity contribution >= 4 is 17.0 Å². The molecule has 6 nitrogen and oxygen atoms in total. The van der Waals surface area contributed by atoms with Crippen LogP contribution in [0.3, 0.4) is 0 Å². The Hall–Kier alpha value is -2.63. The maximum absolute atomic E-state index is 12.7. The maximum atomic E-state index is 12.7. The third kappa shape index (κ3) is 2.81. The van der Waals surface area contributed by atoms with Gasteiger partial charge < -0.3 is 5.32 Å². The molecule has 2 heterocycles. The van der Waals surface area contributed by atoms with E-state index in [9.17, 15) is 4.79 Å². The number of hydrogen-bond donors (Lipinski definition) is 3. The summed E-state index contributed by atoms with van der Waals surface area (Å²) in [6.45, 7) is 2.96. The average molecular weight is 337 g/mol. The first-order valence-corrected chi connectivity index (χ1v) is 9.03. The molecule has 0 bridgehead atoms. The van der Waals surface area contributed by atoms with Crippen molar-refractivity contribution in [2.45, 2.75) is 44.4 Å². The fraction of sp³-hybridized carbons (Fsp3) is 0.421. The summed E-state index contributed by atoms with van der Waals surface area (Å²) < 4.78 is 0. The van der Waals surface area contributed by atoms with Gasteiger partial charge in [0.05, 0.1) is 5.69 Å². The molecule has 2 aromatic heterocycles. The van der Waals surface area contributed by atoms with Gasteiger partial charge in [-0.05, 0) is 24.8 Å². The summed E-state index contributed by atoms with van der Waals surface area (Å²) in [5, 5.41) is 11.2. The van der Waals surface area contributed by atoms with Crippen molar-refractivity contribution < 1.29 is 0 Å². The summed E-state index contributed by atoms with van der Waals surface area (Å²) in [6.07, 6.45) is 5.41. The minimum atomic E-state index is -0.131. The van der Waals surface area contributed by atoms with Gasteiger partial charge >= 0.3 is 0 Å². The third-order valence-electron chi connectivity index (χ3n) is 5.05. The van der Waals surface area contributed by atoms with Gasteiger partial charge in [-0.3, -0.25) is 14.9 Å². The Morgan fingerprint density at radius 1 is 1.20 bits per heavy atom. The molecule has 0 aliphatic heterocycles. The Bertz CT molecular complexity index is 924. The molecule has 1 fully saturated rings. The van der Waals surface area contributed by atoms with Crippen LogP contribution in [-0.4, -0.2) is 26.7 Å². The predicted octanol–water partition coefficient (Wildman–Crippen LogP) is 3.33. The maximum Gasteiger partial charge on any atom is 0.263 e. The minimum absolute atomic E-state index is 0.124. The van der Waals surface area contributed by atoms with E-state index in [4.69, 9.17) is 0 Å². The SMILES string of the molecule is CCCCCNc1nc2n[nH]c(C3(c4ccccc4)CC3)c2c(=O)[nH]1. The summed E-state index contributed by atoms with van der Waals surface area (Å²) in [5.74, 6) is 0.496. The van der Waals surface area contributed by atoms with Gasteiger partial charge in [0, 0.05) is 12.0 Å². The molecular weight excluding hydrogens is 314 g/mol. The van der Waals surface area contributed by atoms with Gasteiger partial charge in [-0.1, -0.05) is 50.1 Å². The second kappa shape index (κ2) is 6.35. The van der Waals surface area contributed by atoms with Crippen LogP contribution in [0, 0.1) is 0 Å². The summed E-state index contributed by atoms with van der Waals surface area (Å²) >= 11 is 0. The van der Waals surface area contributed by atoms with Crippen molar-refractivity contribution in [3.8, 4) is 0 Å². The summed E-state index contributed by atoms with van der Waals surface area (Å²) in [7, 11) is 0. The average Bonchev–Trinajstić information content (AvgIpc) is 3.33. The lowest BCUT2D eigenvalue weighted by Gasteiger charge is -2.14. The van der Waals surface area contributed by atoms with Crippen LogP contribution in [0.2, 0.25) is 0 Å². The molecule has 0 amide bonds. The van der Waals surface area contributed by atoms with Crippen LogP contribution in [0.5, 0.6) is 0 Å². The molecule has 4 rings (SSSR count). The number of unbranched alkanes of at least 4 members (excludes halogenated alkanes) is 2. The van der Waals surface area contributed by atoms with E-state index >= 15 is 0 Å². The molecule has 0 atom stereocenters. The molecule has 0 saturated heterocycles. The van der Waals surface area contributed by atoms with E-state index < -0.39 is 0 Å². The number of nitrogens with zero attached hydrogens (tertiary/aromatic N) is 2. The predicted molar refractivity (Wildman–Crippen MR) is 99.0 cm³/mol. The number of fused-ring (bicyclic) bond motifs is 1. The number of aromatic amines is 2. The van der Waals surface area contributed by atoms with Gasteiger partial charge in [0.15, 0.2) is 5.65 Å². The fourth-order valence-electron chi connectivity index (χ4n) is 3.51. The van der Waals surface area contributed by atoms with Crippen LogP contribution in [0.4, 0.5) is 5.95 Å². The lowest BCUT2D eigenvalue weighted by Crippen LogP contribution is -2.17. The number of rotatable bonds is 7. The normalized spacial score (nSPS) is 15.4. The molecule has 3 N–H and O–H groups in total. The number of aromatic nitrogens is 4. The first kappa shape index (κ1) is 15.9. The molecule has 1 aromatic carbocycles. The van der Waals surface area contributed by atoms with Gasteiger partial charge in [-0.15, -0.1) is 0 Å². The molecule has 1 aliphatic carbocycles. The Balaban J connectivity index is 1.68. The highest BCUT2D eigenvalue weighted by atomic mass is 16.1. The highest BCUT2D eigenvalue weighted by molar-refractivity contribution is 5.80. The Morgan fingerprint density at radius 3 is 2.72 bits per heavy atom. The number of nitrogens with one attached hydrogen (secondary N) is 3. The Kier molecular flexibility index (Phi) is 4.03. The van der Waals surface area contributed by atoms with Crippen molar-refractivity contribution in [3.05, 3.63) is 51.9 Å². The smallest absolute Gasteiger partial charge is 0.263 e. The molecule has 1 saturated carbocycles. The van der Waals surface area contributed by atoms with Crippen molar-refractivity contribution in [2.24, 2.45) is 0 Å². The van der Waals surface area contributed by atoms with Gasteiger partial charge in [0.2, 0.25) is 5.95 Å². The Labute approximate surface area is 146 Å². The highest BCUT2D eigenvalue weighted by Gasteiger charge is 2.48. The van der Waals surface area contributed by atoms with E-state index in [2.05, 4.69) is 44.5 Å². The van der Waals surface area contributed by atoms with Gasteiger partial charge in [-0.25, -0.2) is 0 Å². The first-order chi connectivity index (χ1) is 12.2. The molecule has 0 radical (unpaired) electrons. The second-order valence-corrected chi connectivity index (χ2v) is 6.79. The minimum Gasteiger partial charge on any atom is -0.356 e. The summed E-state index contributed by atoms with van der Waals surface area (Å²) in [5.41, 5.74) is 2.34. The third-order valence-corrected chi connectivity index (χ3v) is 5.05. The van der Waals surface area contributed by atoms with Gasteiger partial charge in [0.25, 0.3) is 5.56 Å². The fourth-order valence-corrected chi connectivity index (χ4v) is 3.51. The van der Waals surface area contributed by atoms with Gasteiger partial charge in [-0.2, -0.15) is 10.1 Å². The van der Waals surface area contributed by atoms with E-state index in [0.29, 0.717) is 17.0 Å². The molecular formula is C19H23N5O. The molecule has 130 valence electrons. The molecule has 3 aromatic rings.